The number of halogens is 1. The molecule has 0 saturated heterocycles. The summed E-state index contributed by atoms with van der Waals surface area (Å²) in [5.41, 5.74) is 2.79. The van der Waals surface area contributed by atoms with Crippen LogP contribution in [0.1, 0.15) is 30.7 Å². The zero-order valence-electron chi connectivity index (χ0n) is 9.99. The molecule has 0 spiro atoms. The molecule has 2 heteroatoms. The molecule has 0 radical (unpaired) electrons. The van der Waals surface area contributed by atoms with Gasteiger partial charge in [-0.15, -0.1) is 0 Å². The summed E-state index contributed by atoms with van der Waals surface area (Å²) in [6, 6.07) is 8.67. The van der Waals surface area contributed by atoms with E-state index in [1.54, 1.807) is 0 Å². The minimum atomic E-state index is 0.551. The lowest BCUT2D eigenvalue weighted by Crippen LogP contribution is -2.02. The summed E-state index contributed by atoms with van der Waals surface area (Å²) in [6.07, 6.45) is 8.38. The summed E-state index contributed by atoms with van der Waals surface area (Å²) in [6.45, 7) is 0. The van der Waals surface area contributed by atoms with Crippen LogP contribution in [0, 0.1) is 0 Å². The summed E-state index contributed by atoms with van der Waals surface area (Å²) >= 11 is 3.74. The van der Waals surface area contributed by atoms with Crippen molar-refractivity contribution < 1.29 is 0 Å². The summed E-state index contributed by atoms with van der Waals surface area (Å²) in [5.74, 6) is 0.551. The van der Waals surface area contributed by atoms with E-state index in [1.807, 2.05) is 0 Å². The molecule has 1 aromatic heterocycles. The molecule has 1 atom stereocenters. The van der Waals surface area contributed by atoms with Crippen molar-refractivity contribution in [3.63, 3.8) is 0 Å². The fraction of sp³-hybridized carbons (Fsp3) is 0.333. The molecule has 1 aliphatic carbocycles. The van der Waals surface area contributed by atoms with Crippen LogP contribution in [0.4, 0.5) is 0 Å². The maximum atomic E-state index is 3.74. The van der Waals surface area contributed by atoms with Crippen LogP contribution in [-0.2, 0) is 7.05 Å². The number of para-hydroxylation sites is 1. The van der Waals surface area contributed by atoms with Gasteiger partial charge >= 0.3 is 0 Å². The zero-order chi connectivity index (χ0) is 11.8. The van der Waals surface area contributed by atoms with Crippen molar-refractivity contribution >= 4 is 26.8 Å². The largest absolute Gasteiger partial charge is 0.350 e. The second kappa shape index (κ2) is 4.34. The molecule has 1 heterocycles. The lowest BCUT2D eigenvalue weighted by Gasteiger charge is -2.20. The number of nitrogens with zero attached hydrogens (tertiary/aromatic N) is 1. The van der Waals surface area contributed by atoms with Gasteiger partial charge in [0.1, 0.15) is 0 Å². The molecule has 0 fully saturated rings. The lowest BCUT2D eigenvalue weighted by atomic mass is 9.89. The first-order chi connectivity index (χ1) is 8.27. The summed E-state index contributed by atoms with van der Waals surface area (Å²) in [5, 5.41) is 1.40. The van der Waals surface area contributed by atoms with E-state index in [0.29, 0.717) is 5.92 Å². The van der Waals surface area contributed by atoms with E-state index >= 15 is 0 Å². The Labute approximate surface area is 110 Å². The van der Waals surface area contributed by atoms with Gasteiger partial charge in [0.15, 0.2) is 0 Å². The van der Waals surface area contributed by atoms with Crippen LogP contribution < -0.4 is 0 Å². The van der Waals surface area contributed by atoms with E-state index < -0.39 is 0 Å². The average molecular weight is 290 g/mol. The molecule has 0 amide bonds. The van der Waals surface area contributed by atoms with Gasteiger partial charge in [0.2, 0.25) is 0 Å². The summed E-state index contributed by atoms with van der Waals surface area (Å²) < 4.78 is 3.60. The van der Waals surface area contributed by atoms with Crippen molar-refractivity contribution in [1.82, 2.24) is 4.57 Å². The molecule has 0 aliphatic heterocycles. The monoisotopic (exact) mass is 289 g/mol. The molecule has 0 saturated carbocycles. The van der Waals surface area contributed by atoms with E-state index in [2.05, 4.69) is 64.1 Å². The smallest absolute Gasteiger partial charge is 0.0480 e. The Morgan fingerprint density at radius 3 is 2.94 bits per heavy atom. The third kappa shape index (κ3) is 1.85. The van der Waals surface area contributed by atoms with E-state index in [0.717, 1.165) is 0 Å². The minimum absolute atomic E-state index is 0.551. The number of rotatable bonds is 1. The maximum Gasteiger partial charge on any atom is 0.0480 e. The van der Waals surface area contributed by atoms with Crippen LogP contribution in [0.5, 0.6) is 0 Å². The number of hydrogen-bond donors (Lipinski definition) is 0. The van der Waals surface area contributed by atoms with Gasteiger partial charge in [-0.1, -0.05) is 40.2 Å². The van der Waals surface area contributed by atoms with Crippen molar-refractivity contribution in [3.05, 3.63) is 46.6 Å². The van der Waals surface area contributed by atoms with Crippen molar-refractivity contribution in [2.45, 2.75) is 25.2 Å². The SMILES string of the molecule is Cn1cc(C2CCCC=C2Br)c2ccccc21. The number of hydrogen-bond acceptors (Lipinski definition) is 0. The second-order valence-electron chi connectivity index (χ2n) is 4.78. The molecular weight excluding hydrogens is 274 g/mol. The van der Waals surface area contributed by atoms with E-state index in [4.69, 9.17) is 0 Å². The Bertz CT molecular complexity index is 580. The normalized spacial score (nSPS) is 20.6. The fourth-order valence-electron chi connectivity index (χ4n) is 2.80. The molecule has 1 aliphatic rings. The first-order valence-electron chi connectivity index (χ1n) is 6.17. The Hall–Kier alpha value is -1.02. The molecule has 1 unspecified atom stereocenters. The lowest BCUT2D eigenvalue weighted by molar-refractivity contribution is 0.650. The summed E-state index contributed by atoms with van der Waals surface area (Å²) in [7, 11) is 2.13. The number of aryl methyl sites for hydroxylation is 1. The van der Waals surface area contributed by atoms with E-state index in [1.165, 1.54) is 40.2 Å². The molecule has 1 aromatic carbocycles. The third-order valence-electron chi connectivity index (χ3n) is 3.67. The van der Waals surface area contributed by atoms with Gasteiger partial charge in [-0.05, 0) is 35.4 Å². The van der Waals surface area contributed by atoms with Crippen molar-refractivity contribution in [1.29, 1.82) is 0 Å². The van der Waals surface area contributed by atoms with Crippen molar-refractivity contribution in [2.24, 2.45) is 7.05 Å². The molecule has 17 heavy (non-hydrogen) atoms. The molecule has 88 valence electrons. The molecular formula is C15H16BrN. The van der Waals surface area contributed by atoms with Crippen molar-refractivity contribution in [3.8, 4) is 0 Å². The van der Waals surface area contributed by atoms with Gasteiger partial charge in [-0.3, -0.25) is 0 Å². The third-order valence-corrected chi connectivity index (χ3v) is 4.55. The van der Waals surface area contributed by atoms with Crippen LogP contribution in [0.2, 0.25) is 0 Å². The van der Waals surface area contributed by atoms with E-state index in [-0.39, 0.29) is 0 Å². The Morgan fingerprint density at radius 2 is 2.12 bits per heavy atom. The standard InChI is InChI=1S/C15H16BrN/c1-17-10-13(11-6-2-4-8-14(11)16)12-7-3-5-9-15(12)17/h3,5,7-11H,2,4,6H2,1H3. The molecule has 3 rings (SSSR count). The molecule has 0 N–H and O–H groups in total. The van der Waals surface area contributed by atoms with Crippen LogP contribution in [0.15, 0.2) is 41.0 Å². The summed E-state index contributed by atoms with van der Waals surface area (Å²) in [4.78, 5) is 0. The van der Waals surface area contributed by atoms with Gasteiger partial charge in [0.05, 0.1) is 0 Å². The Morgan fingerprint density at radius 1 is 1.29 bits per heavy atom. The van der Waals surface area contributed by atoms with Crippen LogP contribution in [-0.4, -0.2) is 4.57 Å². The Balaban J connectivity index is 2.17. The van der Waals surface area contributed by atoms with Gasteiger partial charge in [0.25, 0.3) is 0 Å². The topological polar surface area (TPSA) is 4.93 Å². The maximum absolute atomic E-state index is 3.74. The minimum Gasteiger partial charge on any atom is -0.350 e. The van der Waals surface area contributed by atoms with Crippen LogP contribution in [0.25, 0.3) is 10.9 Å². The second-order valence-corrected chi connectivity index (χ2v) is 5.70. The fourth-order valence-corrected chi connectivity index (χ4v) is 3.50. The first-order valence-corrected chi connectivity index (χ1v) is 6.96. The average Bonchev–Trinajstić information content (AvgIpc) is 2.68. The highest BCUT2D eigenvalue weighted by Gasteiger charge is 2.21. The predicted molar refractivity (Wildman–Crippen MR) is 76.5 cm³/mol. The van der Waals surface area contributed by atoms with Crippen LogP contribution in [0.3, 0.4) is 0 Å². The van der Waals surface area contributed by atoms with E-state index in [9.17, 15) is 0 Å². The molecule has 0 bridgehead atoms. The number of benzene rings is 1. The number of fused-ring (bicyclic) bond motifs is 1. The quantitative estimate of drug-likeness (QED) is 0.716. The van der Waals surface area contributed by atoms with Crippen molar-refractivity contribution in [2.75, 3.05) is 0 Å². The Kier molecular flexibility index (Phi) is 2.83. The highest BCUT2D eigenvalue weighted by Crippen LogP contribution is 2.40. The zero-order valence-corrected chi connectivity index (χ0v) is 11.6. The number of aromatic nitrogens is 1. The first kappa shape index (κ1) is 11.1. The van der Waals surface area contributed by atoms with Gasteiger partial charge in [-0.2, -0.15) is 0 Å². The molecule has 1 nitrogen and oxygen atoms in total. The van der Waals surface area contributed by atoms with Gasteiger partial charge in [-0.25, -0.2) is 0 Å². The van der Waals surface area contributed by atoms with Gasteiger partial charge in [0, 0.05) is 30.1 Å². The predicted octanol–water partition coefficient (Wildman–Crippen LogP) is 4.72. The highest BCUT2D eigenvalue weighted by molar-refractivity contribution is 9.11. The number of allylic oxidation sites excluding steroid dienone is 2. The van der Waals surface area contributed by atoms with Crippen LogP contribution >= 0.6 is 15.9 Å². The van der Waals surface area contributed by atoms with Gasteiger partial charge < -0.3 is 4.57 Å². The highest BCUT2D eigenvalue weighted by atomic mass is 79.9. The molecule has 2 aromatic rings.